The second-order valence-corrected chi connectivity index (χ2v) is 4.59. The van der Waals surface area contributed by atoms with Crippen LogP contribution < -0.4 is 0 Å². The number of phenols is 1. The van der Waals surface area contributed by atoms with Gasteiger partial charge in [0.15, 0.2) is 0 Å². The molecule has 1 atom stereocenters. The molecule has 0 spiro atoms. The minimum absolute atomic E-state index is 0.139. The third-order valence-corrected chi connectivity index (χ3v) is 2.98. The molecule has 0 bridgehead atoms. The molecular weight excluding hydrogens is 231 g/mol. The van der Waals surface area contributed by atoms with Gasteiger partial charge in [0.1, 0.15) is 11.6 Å². The highest BCUT2D eigenvalue weighted by atomic mass is 19.1. The van der Waals surface area contributed by atoms with Gasteiger partial charge < -0.3 is 10.2 Å². The summed E-state index contributed by atoms with van der Waals surface area (Å²) >= 11 is 0. The Morgan fingerprint density at radius 2 is 1.67 bits per heavy atom. The lowest BCUT2D eigenvalue weighted by Gasteiger charge is -2.24. The molecule has 18 heavy (non-hydrogen) atoms. The molecule has 0 fully saturated rings. The second-order valence-electron chi connectivity index (χ2n) is 4.59. The van der Waals surface area contributed by atoms with E-state index in [0.29, 0.717) is 11.1 Å². The van der Waals surface area contributed by atoms with Crippen LogP contribution in [0.3, 0.4) is 0 Å². The highest BCUT2D eigenvalue weighted by molar-refractivity contribution is 5.31. The van der Waals surface area contributed by atoms with Crippen molar-refractivity contribution in [2.24, 2.45) is 0 Å². The van der Waals surface area contributed by atoms with Crippen molar-refractivity contribution in [3.8, 4) is 5.75 Å². The summed E-state index contributed by atoms with van der Waals surface area (Å²) in [4.78, 5) is 0. The van der Waals surface area contributed by atoms with E-state index in [0.717, 1.165) is 0 Å². The van der Waals surface area contributed by atoms with Crippen LogP contribution in [-0.2, 0) is 12.0 Å². The monoisotopic (exact) mass is 246 g/mol. The molecule has 2 aromatic carbocycles. The van der Waals surface area contributed by atoms with E-state index in [1.807, 2.05) is 0 Å². The summed E-state index contributed by atoms with van der Waals surface area (Å²) in [6.45, 7) is 1.63. The number of aliphatic hydroxyl groups is 1. The fourth-order valence-electron chi connectivity index (χ4n) is 1.94. The van der Waals surface area contributed by atoms with Gasteiger partial charge in [0.05, 0.1) is 5.60 Å². The summed E-state index contributed by atoms with van der Waals surface area (Å²) in [5, 5.41) is 19.6. The zero-order chi connectivity index (χ0) is 13.2. The van der Waals surface area contributed by atoms with Gasteiger partial charge in [-0.05, 0) is 36.2 Å². The summed E-state index contributed by atoms with van der Waals surface area (Å²) in [7, 11) is 0. The van der Waals surface area contributed by atoms with Crippen LogP contribution in [0, 0.1) is 5.82 Å². The SMILES string of the molecule is CC(O)(Cc1ccccc1F)c1ccc(O)cc1. The molecule has 2 nitrogen and oxygen atoms in total. The number of aromatic hydroxyl groups is 1. The summed E-state index contributed by atoms with van der Waals surface area (Å²) in [6.07, 6.45) is 0.185. The number of halogens is 1. The number of rotatable bonds is 3. The Kier molecular flexibility index (Phi) is 3.34. The van der Waals surface area contributed by atoms with Gasteiger partial charge in [-0.1, -0.05) is 30.3 Å². The molecule has 2 rings (SSSR count). The standard InChI is InChI=1S/C15H15FO2/c1-15(18,12-6-8-13(17)9-7-12)10-11-4-2-3-5-14(11)16/h2-9,17-18H,10H2,1H3. The van der Waals surface area contributed by atoms with Crippen LogP contribution in [0.2, 0.25) is 0 Å². The van der Waals surface area contributed by atoms with Crippen molar-refractivity contribution >= 4 is 0 Å². The smallest absolute Gasteiger partial charge is 0.126 e. The third-order valence-electron chi connectivity index (χ3n) is 2.98. The van der Waals surface area contributed by atoms with Gasteiger partial charge in [-0.3, -0.25) is 0 Å². The minimum atomic E-state index is -1.17. The molecule has 94 valence electrons. The normalized spacial score (nSPS) is 14.2. The van der Waals surface area contributed by atoms with Crippen molar-refractivity contribution in [1.82, 2.24) is 0 Å². The van der Waals surface area contributed by atoms with Gasteiger partial charge in [0, 0.05) is 6.42 Å². The minimum Gasteiger partial charge on any atom is -0.508 e. The number of hydrogen-bond acceptors (Lipinski definition) is 2. The van der Waals surface area contributed by atoms with Crippen molar-refractivity contribution in [1.29, 1.82) is 0 Å². The Labute approximate surface area is 105 Å². The van der Waals surface area contributed by atoms with E-state index < -0.39 is 5.60 Å². The van der Waals surface area contributed by atoms with E-state index in [9.17, 15) is 14.6 Å². The summed E-state index contributed by atoms with van der Waals surface area (Å²) in [5.74, 6) is -0.183. The van der Waals surface area contributed by atoms with Crippen molar-refractivity contribution in [3.63, 3.8) is 0 Å². The Balaban J connectivity index is 2.27. The first-order valence-electron chi connectivity index (χ1n) is 5.74. The number of benzene rings is 2. The molecular formula is C15H15FO2. The summed E-state index contributed by atoms with van der Waals surface area (Å²) in [6, 6.07) is 12.7. The quantitative estimate of drug-likeness (QED) is 0.874. The highest BCUT2D eigenvalue weighted by Crippen LogP contribution is 2.27. The maximum absolute atomic E-state index is 13.5. The van der Waals surface area contributed by atoms with Crippen LogP contribution in [0.4, 0.5) is 4.39 Å². The molecule has 3 heteroatoms. The molecule has 0 aromatic heterocycles. The van der Waals surface area contributed by atoms with Gasteiger partial charge in [0.25, 0.3) is 0 Å². The van der Waals surface area contributed by atoms with Crippen molar-refractivity contribution in [2.75, 3.05) is 0 Å². The van der Waals surface area contributed by atoms with E-state index in [4.69, 9.17) is 0 Å². The van der Waals surface area contributed by atoms with E-state index >= 15 is 0 Å². The lowest BCUT2D eigenvalue weighted by molar-refractivity contribution is 0.0566. The molecule has 0 aliphatic rings. The fraction of sp³-hybridized carbons (Fsp3) is 0.200. The molecule has 0 saturated heterocycles. The largest absolute Gasteiger partial charge is 0.508 e. The first-order chi connectivity index (χ1) is 8.49. The number of phenolic OH excluding ortho intramolecular Hbond substituents is 1. The highest BCUT2D eigenvalue weighted by Gasteiger charge is 2.24. The first-order valence-corrected chi connectivity index (χ1v) is 5.74. The van der Waals surface area contributed by atoms with Gasteiger partial charge >= 0.3 is 0 Å². The molecule has 2 N–H and O–H groups in total. The maximum atomic E-state index is 13.5. The van der Waals surface area contributed by atoms with Crippen molar-refractivity contribution in [3.05, 3.63) is 65.5 Å². The lowest BCUT2D eigenvalue weighted by atomic mass is 9.89. The lowest BCUT2D eigenvalue weighted by Crippen LogP contribution is -2.24. The molecule has 0 aliphatic carbocycles. The van der Waals surface area contributed by atoms with Crippen LogP contribution in [0.1, 0.15) is 18.1 Å². The predicted molar refractivity (Wildman–Crippen MR) is 67.8 cm³/mol. The Hall–Kier alpha value is -1.87. The zero-order valence-electron chi connectivity index (χ0n) is 10.1. The van der Waals surface area contributed by atoms with Gasteiger partial charge in [0.2, 0.25) is 0 Å². The Morgan fingerprint density at radius 1 is 1.06 bits per heavy atom. The van der Waals surface area contributed by atoms with Crippen LogP contribution in [-0.4, -0.2) is 10.2 Å². The summed E-state index contributed by atoms with van der Waals surface area (Å²) in [5.41, 5.74) is -0.0604. The first kappa shape index (κ1) is 12.6. The van der Waals surface area contributed by atoms with E-state index in [1.165, 1.54) is 18.2 Å². The molecule has 0 amide bonds. The molecule has 0 aliphatic heterocycles. The average Bonchev–Trinajstić information content (AvgIpc) is 2.32. The number of hydrogen-bond donors (Lipinski definition) is 2. The van der Waals surface area contributed by atoms with Crippen LogP contribution in [0.5, 0.6) is 5.75 Å². The van der Waals surface area contributed by atoms with Crippen LogP contribution in [0.25, 0.3) is 0 Å². The zero-order valence-corrected chi connectivity index (χ0v) is 10.1. The van der Waals surface area contributed by atoms with E-state index in [2.05, 4.69) is 0 Å². The molecule has 2 aromatic rings. The fourth-order valence-corrected chi connectivity index (χ4v) is 1.94. The Bertz CT molecular complexity index is 532. The summed E-state index contributed by atoms with van der Waals surface area (Å²) < 4.78 is 13.5. The topological polar surface area (TPSA) is 40.5 Å². The maximum Gasteiger partial charge on any atom is 0.126 e. The van der Waals surface area contributed by atoms with Crippen LogP contribution in [0.15, 0.2) is 48.5 Å². The van der Waals surface area contributed by atoms with E-state index in [1.54, 1.807) is 37.3 Å². The van der Waals surface area contributed by atoms with Crippen LogP contribution >= 0.6 is 0 Å². The molecule has 0 radical (unpaired) electrons. The predicted octanol–water partition coefficient (Wildman–Crippen LogP) is 2.98. The molecule has 1 unspecified atom stereocenters. The van der Waals surface area contributed by atoms with Gasteiger partial charge in [-0.15, -0.1) is 0 Å². The van der Waals surface area contributed by atoms with Crippen molar-refractivity contribution in [2.45, 2.75) is 18.9 Å². The molecule has 0 saturated carbocycles. The van der Waals surface area contributed by atoms with E-state index in [-0.39, 0.29) is 18.0 Å². The van der Waals surface area contributed by atoms with Gasteiger partial charge in [-0.25, -0.2) is 4.39 Å². The average molecular weight is 246 g/mol. The second kappa shape index (κ2) is 4.78. The third kappa shape index (κ3) is 2.68. The Morgan fingerprint density at radius 3 is 2.28 bits per heavy atom. The molecule has 0 heterocycles. The van der Waals surface area contributed by atoms with Gasteiger partial charge in [-0.2, -0.15) is 0 Å². The van der Waals surface area contributed by atoms with Crippen molar-refractivity contribution < 1.29 is 14.6 Å².